The van der Waals surface area contributed by atoms with Gasteiger partial charge in [-0.05, 0) is 36.8 Å². The van der Waals surface area contributed by atoms with Crippen LogP contribution in [0.4, 0.5) is 5.13 Å². The van der Waals surface area contributed by atoms with E-state index in [4.69, 9.17) is 27.9 Å². The number of hydrogen-bond donors (Lipinski definition) is 1. The highest BCUT2D eigenvalue weighted by atomic mass is 35.5. The Morgan fingerprint density at radius 1 is 1.22 bits per heavy atom. The van der Waals surface area contributed by atoms with Gasteiger partial charge in [-0.3, -0.25) is 9.52 Å². The maximum atomic E-state index is 13.0. The lowest BCUT2D eigenvalue weighted by Gasteiger charge is -2.51. The molecule has 2 fully saturated rings. The molecule has 1 aromatic carbocycles. The number of nitrogens with zero attached hydrogens (tertiary/aromatic N) is 1. The van der Waals surface area contributed by atoms with Gasteiger partial charge in [-0.25, -0.2) is 13.4 Å². The lowest BCUT2D eigenvalue weighted by molar-refractivity contribution is -0.149. The Bertz CT molecular complexity index is 1190. The normalized spacial score (nSPS) is 33.8. The Morgan fingerprint density at radius 3 is 2.59 bits per heavy atom. The fourth-order valence-electron chi connectivity index (χ4n) is 6.03. The molecule has 32 heavy (non-hydrogen) atoms. The van der Waals surface area contributed by atoms with E-state index < -0.39 is 10.0 Å². The summed E-state index contributed by atoms with van der Waals surface area (Å²) >= 11 is 13.6. The second-order valence-corrected chi connectivity index (χ2v) is 13.0. The van der Waals surface area contributed by atoms with Crippen LogP contribution < -0.4 is 4.72 Å². The number of carbonyl (C=O) groups is 1. The second-order valence-electron chi connectivity index (χ2n) is 9.52. The summed E-state index contributed by atoms with van der Waals surface area (Å²) in [6, 6.07) is 4.57. The Balaban J connectivity index is 1.48. The number of thiazole rings is 1. The molecule has 1 aromatic heterocycles. The SMILES string of the molecule is C[C@@H]1C(=O)O[C@@H]2[C@H]1CC[C@]1(C)Cc3sc(NS(=O)(=O)c4c(Cl)cccc4Cl)nc3[C@H](C)[C@H]21. The third kappa shape index (κ3) is 3.37. The number of halogens is 2. The maximum absolute atomic E-state index is 13.0. The van der Waals surface area contributed by atoms with Crippen LogP contribution >= 0.6 is 34.5 Å². The molecule has 0 bridgehead atoms. The first-order valence-corrected chi connectivity index (χ1v) is 13.7. The molecular formula is C22H24Cl2N2O4S2. The van der Waals surface area contributed by atoms with Crippen molar-refractivity contribution < 1.29 is 17.9 Å². The monoisotopic (exact) mass is 514 g/mol. The quantitative estimate of drug-likeness (QED) is 0.546. The standard InChI is InChI=1S/C22H24Cl2N2O4S2/c1-10-12-7-8-22(3)9-15-17(11(2)16(22)18(12)30-20(10)27)25-21(31-15)26-32(28,29)19-13(23)5-4-6-14(19)24/h4-6,10-12,16,18H,7-9H2,1-3H3,(H,25,26)/t10-,11+,12-,16+,18+,22+/m0/s1. The lowest BCUT2D eigenvalue weighted by Crippen LogP contribution is -2.50. The fourth-order valence-corrected chi connectivity index (χ4v) is 9.67. The predicted molar refractivity (Wildman–Crippen MR) is 125 cm³/mol. The van der Waals surface area contributed by atoms with Crippen molar-refractivity contribution in [2.45, 2.75) is 57.0 Å². The molecule has 5 rings (SSSR count). The van der Waals surface area contributed by atoms with E-state index in [9.17, 15) is 13.2 Å². The van der Waals surface area contributed by atoms with Crippen LogP contribution in [0.2, 0.25) is 10.0 Å². The highest BCUT2D eigenvalue weighted by Gasteiger charge is 2.58. The number of sulfonamides is 1. The Morgan fingerprint density at radius 2 is 1.91 bits per heavy atom. The summed E-state index contributed by atoms with van der Waals surface area (Å²) in [7, 11) is -4.00. The molecule has 0 amide bonds. The Kier molecular flexibility index (Phi) is 5.32. The molecule has 1 saturated carbocycles. The first-order valence-electron chi connectivity index (χ1n) is 10.7. The molecule has 0 radical (unpaired) electrons. The summed E-state index contributed by atoms with van der Waals surface area (Å²) < 4.78 is 34.4. The van der Waals surface area contributed by atoms with Gasteiger partial charge in [-0.15, -0.1) is 11.3 Å². The van der Waals surface area contributed by atoms with Crippen LogP contribution in [0, 0.1) is 23.2 Å². The summed E-state index contributed by atoms with van der Waals surface area (Å²) in [5.41, 5.74) is 0.865. The van der Waals surface area contributed by atoms with Crippen LogP contribution in [0.25, 0.3) is 0 Å². The number of anilines is 1. The van der Waals surface area contributed by atoms with Gasteiger partial charge in [0.15, 0.2) is 5.13 Å². The highest BCUT2D eigenvalue weighted by Crippen LogP contribution is 2.59. The second kappa shape index (κ2) is 7.58. The Labute approximate surface area is 201 Å². The minimum atomic E-state index is -4.00. The van der Waals surface area contributed by atoms with Crippen molar-refractivity contribution in [3.63, 3.8) is 0 Å². The van der Waals surface area contributed by atoms with Gasteiger partial charge in [0.2, 0.25) is 0 Å². The van der Waals surface area contributed by atoms with Crippen molar-refractivity contribution in [3.05, 3.63) is 38.8 Å². The van der Waals surface area contributed by atoms with E-state index in [2.05, 4.69) is 23.6 Å². The average molecular weight is 515 g/mol. The number of carbonyl (C=O) groups excluding carboxylic acids is 1. The number of ether oxygens (including phenoxy) is 1. The Hall–Kier alpha value is -1.35. The fraction of sp³-hybridized carbons (Fsp3) is 0.545. The van der Waals surface area contributed by atoms with Crippen molar-refractivity contribution in [1.29, 1.82) is 0 Å². The first-order chi connectivity index (χ1) is 15.0. The predicted octanol–water partition coefficient (Wildman–Crippen LogP) is 5.50. The van der Waals surface area contributed by atoms with Gasteiger partial charge in [-0.1, -0.05) is 50.0 Å². The van der Waals surface area contributed by atoms with E-state index in [0.717, 1.165) is 29.8 Å². The average Bonchev–Trinajstić information content (AvgIpc) is 3.20. The van der Waals surface area contributed by atoms with Crippen molar-refractivity contribution >= 4 is 55.7 Å². The number of rotatable bonds is 3. The largest absolute Gasteiger partial charge is 0.461 e. The van der Waals surface area contributed by atoms with E-state index in [-0.39, 0.29) is 56.1 Å². The van der Waals surface area contributed by atoms with Crippen molar-refractivity contribution in [1.82, 2.24) is 4.98 Å². The van der Waals surface area contributed by atoms with Gasteiger partial charge < -0.3 is 4.74 Å². The molecule has 0 unspecified atom stereocenters. The zero-order chi connectivity index (χ0) is 23.0. The van der Waals surface area contributed by atoms with Crippen molar-refractivity contribution in [2.75, 3.05) is 4.72 Å². The molecule has 10 heteroatoms. The number of benzene rings is 1. The maximum Gasteiger partial charge on any atom is 0.309 e. The molecule has 172 valence electrons. The van der Waals surface area contributed by atoms with Gasteiger partial charge in [-0.2, -0.15) is 0 Å². The molecule has 2 aromatic rings. The number of fused-ring (bicyclic) bond motifs is 4. The van der Waals surface area contributed by atoms with Crippen molar-refractivity contribution in [3.8, 4) is 0 Å². The van der Waals surface area contributed by atoms with E-state index in [1.807, 2.05) is 6.92 Å². The molecule has 1 aliphatic heterocycles. The van der Waals surface area contributed by atoms with Crippen LogP contribution in [0.5, 0.6) is 0 Å². The molecule has 3 aliphatic rings. The van der Waals surface area contributed by atoms with Crippen LogP contribution in [0.1, 0.15) is 50.1 Å². The third-order valence-corrected chi connectivity index (χ3v) is 11.0. The van der Waals surface area contributed by atoms with Crippen LogP contribution in [0.3, 0.4) is 0 Å². The van der Waals surface area contributed by atoms with Gasteiger partial charge in [0.25, 0.3) is 10.0 Å². The zero-order valence-electron chi connectivity index (χ0n) is 17.9. The first kappa shape index (κ1) is 22.4. The smallest absolute Gasteiger partial charge is 0.309 e. The van der Waals surface area contributed by atoms with E-state index in [1.54, 1.807) is 6.07 Å². The van der Waals surface area contributed by atoms with Crippen LogP contribution in [-0.4, -0.2) is 25.5 Å². The lowest BCUT2D eigenvalue weighted by atomic mass is 9.54. The summed E-state index contributed by atoms with van der Waals surface area (Å²) in [5, 5.41) is 0.413. The number of hydrogen-bond acceptors (Lipinski definition) is 6. The molecule has 2 heterocycles. The summed E-state index contributed by atoms with van der Waals surface area (Å²) in [6.45, 7) is 6.34. The third-order valence-electron chi connectivity index (χ3n) is 7.57. The molecular weight excluding hydrogens is 491 g/mol. The van der Waals surface area contributed by atoms with E-state index in [0.29, 0.717) is 5.13 Å². The van der Waals surface area contributed by atoms with Gasteiger partial charge in [0.1, 0.15) is 11.0 Å². The van der Waals surface area contributed by atoms with Crippen LogP contribution in [0.15, 0.2) is 23.1 Å². The molecule has 6 nitrogen and oxygen atoms in total. The summed E-state index contributed by atoms with van der Waals surface area (Å²) in [5.74, 6) is 0.269. The van der Waals surface area contributed by atoms with Gasteiger partial charge in [0, 0.05) is 22.6 Å². The number of esters is 1. The minimum Gasteiger partial charge on any atom is -0.461 e. The molecule has 1 saturated heterocycles. The highest BCUT2D eigenvalue weighted by molar-refractivity contribution is 7.93. The molecule has 1 N–H and O–H groups in total. The van der Waals surface area contributed by atoms with Crippen LogP contribution in [-0.2, 0) is 26.0 Å². The number of aromatic nitrogens is 1. The van der Waals surface area contributed by atoms with Gasteiger partial charge in [0.05, 0.1) is 21.7 Å². The molecule has 6 atom stereocenters. The van der Waals surface area contributed by atoms with E-state index in [1.165, 1.54) is 23.5 Å². The van der Waals surface area contributed by atoms with Crippen molar-refractivity contribution in [2.24, 2.45) is 23.2 Å². The minimum absolute atomic E-state index is 0.0212. The topological polar surface area (TPSA) is 85.4 Å². The van der Waals surface area contributed by atoms with Gasteiger partial charge >= 0.3 is 5.97 Å². The number of nitrogens with one attached hydrogen (secondary N) is 1. The zero-order valence-corrected chi connectivity index (χ0v) is 21.0. The van der Waals surface area contributed by atoms with E-state index >= 15 is 0 Å². The summed E-state index contributed by atoms with van der Waals surface area (Å²) in [4.78, 5) is 17.9. The summed E-state index contributed by atoms with van der Waals surface area (Å²) in [6.07, 6.45) is 2.66. The molecule has 0 spiro atoms. The molecule has 2 aliphatic carbocycles.